The summed E-state index contributed by atoms with van der Waals surface area (Å²) in [4.78, 5) is 2.32. The third kappa shape index (κ3) is 3.74. The maximum Gasteiger partial charge on any atom is 0.0415 e. The van der Waals surface area contributed by atoms with E-state index in [1.165, 1.54) is 11.3 Å². The van der Waals surface area contributed by atoms with Crippen molar-refractivity contribution in [2.45, 2.75) is 46.6 Å². The molecule has 1 rings (SSSR count). The van der Waals surface area contributed by atoms with Crippen LogP contribution in [0.3, 0.4) is 0 Å². The molecule has 102 valence electrons. The highest BCUT2D eigenvalue weighted by Crippen LogP contribution is 2.31. The van der Waals surface area contributed by atoms with Gasteiger partial charge in [0.05, 0.1) is 0 Å². The molecule has 18 heavy (non-hydrogen) atoms. The molecule has 0 saturated carbocycles. The summed E-state index contributed by atoms with van der Waals surface area (Å²) in [6.45, 7) is 12.0. The second-order valence-corrected chi connectivity index (χ2v) is 6.70. The number of hydrogen-bond acceptors (Lipinski definition) is 2. The maximum absolute atomic E-state index is 6.41. The molecule has 1 atom stereocenters. The van der Waals surface area contributed by atoms with Gasteiger partial charge in [0, 0.05) is 24.8 Å². The Morgan fingerprint density at radius 2 is 1.67 bits per heavy atom. The van der Waals surface area contributed by atoms with E-state index >= 15 is 0 Å². The van der Waals surface area contributed by atoms with Crippen LogP contribution in [0.5, 0.6) is 0 Å². The summed E-state index contributed by atoms with van der Waals surface area (Å²) >= 11 is 0. The number of hydrogen-bond donors (Lipinski definition) is 1. The van der Waals surface area contributed by atoms with Gasteiger partial charge in [-0.25, -0.2) is 0 Å². The number of nitrogens with two attached hydrogens (primary N) is 1. The van der Waals surface area contributed by atoms with Crippen LogP contribution in [0.15, 0.2) is 24.3 Å². The molecule has 2 heteroatoms. The first-order valence-corrected chi connectivity index (χ1v) is 6.77. The van der Waals surface area contributed by atoms with E-state index in [2.05, 4.69) is 70.8 Å². The van der Waals surface area contributed by atoms with Crippen LogP contribution in [-0.4, -0.2) is 13.6 Å². The van der Waals surface area contributed by atoms with Crippen LogP contribution in [0.1, 0.15) is 46.6 Å². The molecular weight excluding hydrogens is 220 g/mol. The highest BCUT2D eigenvalue weighted by molar-refractivity contribution is 5.56. The molecule has 0 spiro atoms. The average Bonchev–Trinajstić information content (AvgIpc) is 2.27. The van der Waals surface area contributed by atoms with Gasteiger partial charge in [0.25, 0.3) is 0 Å². The smallest absolute Gasteiger partial charge is 0.0415 e. The molecule has 0 bridgehead atoms. The van der Waals surface area contributed by atoms with Gasteiger partial charge >= 0.3 is 0 Å². The van der Waals surface area contributed by atoms with Crippen molar-refractivity contribution in [1.82, 2.24) is 0 Å². The minimum Gasteiger partial charge on any atom is -0.374 e. The van der Waals surface area contributed by atoms with Crippen molar-refractivity contribution in [3.63, 3.8) is 0 Å². The van der Waals surface area contributed by atoms with Crippen molar-refractivity contribution in [2.24, 2.45) is 11.1 Å². The largest absolute Gasteiger partial charge is 0.374 e. The highest BCUT2D eigenvalue weighted by atomic mass is 15.1. The van der Waals surface area contributed by atoms with E-state index in [-0.39, 0.29) is 11.0 Å². The average molecular weight is 248 g/mol. The Labute approximate surface area is 112 Å². The topological polar surface area (TPSA) is 29.3 Å². The predicted molar refractivity (Wildman–Crippen MR) is 81.0 cm³/mol. The fourth-order valence-electron chi connectivity index (χ4n) is 2.28. The first-order chi connectivity index (χ1) is 8.17. The van der Waals surface area contributed by atoms with Crippen molar-refractivity contribution in [2.75, 3.05) is 18.5 Å². The van der Waals surface area contributed by atoms with Gasteiger partial charge in [-0.1, -0.05) is 45.9 Å². The summed E-state index contributed by atoms with van der Waals surface area (Å²) < 4.78 is 0. The van der Waals surface area contributed by atoms with Crippen LogP contribution in [0, 0.1) is 5.41 Å². The van der Waals surface area contributed by atoms with E-state index in [0.717, 1.165) is 13.0 Å². The summed E-state index contributed by atoms with van der Waals surface area (Å²) in [6.07, 6.45) is 0.938. The van der Waals surface area contributed by atoms with Crippen molar-refractivity contribution >= 4 is 5.69 Å². The quantitative estimate of drug-likeness (QED) is 0.879. The number of rotatable bonds is 4. The Morgan fingerprint density at radius 3 is 2.17 bits per heavy atom. The molecular formula is C16H28N2. The zero-order chi connectivity index (χ0) is 14.0. The molecule has 0 fully saturated rings. The molecule has 0 aliphatic rings. The molecule has 1 aromatic carbocycles. The Kier molecular flexibility index (Phi) is 4.44. The summed E-state index contributed by atoms with van der Waals surface area (Å²) in [5.74, 6) is 0. The second kappa shape index (κ2) is 5.31. The maximum atomic E-state index is 6.41. The van der Waals surface area contributed by atoms with Gasteiger partial charge in [-0.3, -0.25) is 0 Å². The lowest BCUT2D eigenvalue weighted by Crippen LogP contribution is -2.36. The van der Waals surface area contributed by atoms with Gasteiger partial charge < -0.3 is 10.6 Å². The SMILES string of the molecule is CCC(C)(N)c1ccccc1N(C)CC(C)(C)C. The fourth-order valence-corrected chi connectivity index (χ4v) is 2.28. The van der Waals surface area contributed by atoms with Crippen molar-refractivity contribution in [3.05, 3.63) is 29.8 Å². The van der Waals surface area contributed by atoms with E-state index < -0.39 is 0 Å². The molecule has 0 aromatic heterocycles. The number of nitrogens with zero attached hydrogens (tertiary/aromatic N) is 1. The summed E-state index contributed by atoms with van der Waals surface area (Å²) in [6, 6.07) is 8.48. The fraction of sp³-hybridized carbons (Fsp3) is 0.625. The minimum atomic E-state index is -0.261. The number of para-hydroxylation sites is 1. The zero-order valence-electron chi connectivity index (χ0n) is 12.7. The van der Waals surface area contributed by atoms with Gasteiger partial charge in [0.1, 0.15) is 0 Å². The van der Waals surface area contributed by atoms with E-state index in [0.29, 0.717) is 0 Å². The monoisotopic (exact) mass is 248 g/mol. The van der Waals surface area contributed by atoms with E-state index in [4.69, 9.17) is 5.73 Å². The van der Waals surface area contributed by atoms with E-state index in [1.54, 1.807) is 0 Å². The molecule has 0 saturated heterocycles. The van der Waals surface area contributed by atoms with Gasteiger partial charge in [0.15, 0.2) is 0 Å². The van der Waals surface area contributed by atoms with Crippen LogP contribution >= 0.6 is 0 Å². The zero-order valence-corrected chi connectivity index (χ0v) is 12.7. The first kappa shape index (κ1) is 15.0. The second-order valence-electron chi connectivity index (χ2n) is 6.70. The third-order valence-electron chi connectivity index (χ3n) is 3.38. The standard InChI is InChI=1S/C16H28N2/c1-7-16(5,17)13-10-8-9-11-14(13)18(6)12-15(2,3)4/h8-11H,7,12,17H2,1-6H3. The van der Waals surface area contributed by atoms with Crippen LogP contribution in [-0.2, 0) is 5.54 Å². The molecule has 0 aliphatic heterocycles. The Morgan fingerprint density at radius 1 is 1.11 bits per heavy atom. The van der Waals surface area contributed by atoms with Gasteiger partial charge in [0.2, 0.25) is 0 Å². The molecule has 2 N–H and O–H groups in total. The third-order valence-corrected chi connectivity index (χ3v) is 3.38. The van der Waals surface area contributed by atoms with Crippen LogP contribution in [0.2, 0.25) is 0 Å². The normalized spacial score (nSPS) is 15.3. The predicted octanol–water partition coefficient (Wildman–Crippen LogP) is 3.75. The lowest BCUT2D eigenvalue weighted by Gasteiger charge is -2.34. The minimum absolute atomic E-state index is 0.261. The molecule has 0 heterocycles. The van der Waals surface area contributed by atoms with Gasteiger partial charge in [-0.2, -0.15) is 0 Å². The molecule has 1 aromatic rings. The van der Waals surface area contributed by atoms with Crippen molar-refractivity contribution in [3.8, 4) is 0 Å². The van der Waals surface area contributed by atoms with Crippen molar-refractivity contribution < 1.29 is 0 Å². The molecule has 0 radical (unpaired) electrons. The number of benzene rings is 1. The summed E-state index contributed by atoms with van der Waals surface area (Å²) in [5.41, 5.74) is 8.91. The van der Waals surface area contributed by atoms with Crippen LogP contribution < -0.4 is 10.6 Å². The summed E-state index contributed by atoms with van der Waals surface area (Å²) in [5, 5.41) is 0. The van der Waals surface area contributed by atoms with Crippen LogP contribution in [0.4, 0.5) is 5.69 Å². The molecule has 0 aliphatic carbocycles. The molecule has 0 amide bonds. The van der Waals surface area contributed by atoms with Gasteiger partial charge in [-0.05, 0) is 30.4 Å². The van der Waals surface area contributed by atoms with Gasteiger partial charge in [-0.15, -0.1) is 0 Å². The first-order valence-electron chi connectivity index (χ1n) is 6.77. The molecule has 2 nitrogen and oxygen atoms in total. The highest BCUT2D eigenvalue weighted by Gasteiger charge is 2.24. The molecule has 1 unspecified atom stereocenters. The van der Waals surface area contributed by atoms with E-state index in [1.807, 2.05) is 0 Å². The Balaban J connectivity index is 3.10. The lowest BCUT2D eigenvalue weighted by atomic mass is 9.88. The summed E-state index contributed by atoms with van der Waals surface area (Å²) in [7, 11) is 2.15. The Hall–Kier alpha value is -1.02. The number of anilines is 1. The lowest BCUT2D eigenvalue weighted by molar-refractivity contribution is 0.415. The van der Waals surface area contributed by atoms with E-state index in [9.17, 15) is 0 Å². The van der Waals surface area contributed by atoms with Crippen LogP contribution in [0.25, 0.3) is 0 Å². The van der Waals surface area contributed by atoms with Crippen molar-refractivity contribution in [1.29, 1.82) is 0 Å². The Bertz CT molecular complexity index is 388.